The van der Waals surface area contributed by atoms with Crippen LogP contribution in [0.5, 0.6) is 5.75 Å². The number of hydrogen-bond donors (Lipinski definition) is 0. The maximum Gasteiger partial charge on any atom is 0.327 e. The Kier molecular flexibility index (Phi) is 2.75. The number of nitrogens with zero attached hydrogens (tertiary/aromatic N) is 2. The highest BCUT2D eigenvalue weighted by Gasteiger charge is 2.41. The van der Waals surface area contributed by atoms with Crippen LogP contribution < -0.4 is 4.74 Å². The number of carbonyl (C=O) groups excluding carboxylic acids is 2. The maximum absolute atomic E-state index is 11.9. The number of amides is 3. The van der Waals surface area contributed by atoms with Crippen molar-refractivity contribution in [1.82, 2.24) is 9.80 Å². The largest absolute Gasteiger partial charge is 0.497 e. The van der Waals surface area contributed by atoms with E-state index in [9.17, 15) is 9.59 Å². The van der Waals surface area contributed by atoms with Crippen LogP contribution in [0.25, 0.3) is 0 Å². The third-order valence-corrected chi connectivity index (χ3v) is 2.95. The van der Waals surface area contributed by atoms with Gasteiger partial charge in [-0.2, -0.15) is 0 Å². The van der Waals surface area contributed by atoms with Crippen molar-refractivity contribution in [3.8, 4) is 5.75 Å². The van der Waals surface area contributed by atoms with Crippen LogP contribution in [0.4, 0.5) is 4.79 Å². The molecule has 1 atom stereocenters. The van der Waals surface area contributed by atoms with Gasteiger partial charge in [0, 0.05) is 14.1 Å². The molecule has 0 spiro atoms. The molecule has 1 unspecified atom stereocenters. The van der Waals surface area contributed by atoms with E-state index < -0.39 is 6.04 Å². The minimum Gasteiger partial charge on any atom is -0.497 e. The summed E-state index contributed by atoms with van der Waals surface area (Å²) in [6.45, 7) is 0. The number of ether oxygens (including phenoxy) is 1. The van der Waals surface area contributed by atoms with Crippen LogP contribution in [-0.4, -0.2) is 42.9 Å². The van der Waals surface area contributed by atoms with E-state index in [1.807, 2.05) is 6.07 Å². The van der Waals surface area contributed by atoms with Gasteiger partial charge in [-0.25, -0.2) is 4.79 Å². The molecule has 17 heavy (non-hydrogen) atoms. The van der Waals surface area contributed by atoms with Gasteiger partial charge in [-0.1, -0.05) is 12.1 Å². The van der Waals surface area contributed by atoms with Gasteiger partial charge in [0.15, 0.2) is 0 Å². The molecule has 3 amide bonds. The van der Waals surface area contributed by atoms with Crippen LogP contribution in [0.1, 0.15) is 11.6 Å². The van der Waals surface area contributed by atoms with Crippen molar-refractivity contribution < 1.29 is 14.3 Å². The quantitative estimate of drug-likeness (QED) is 0.724. The van der Waals surface area contributed by atoms with E-state index in [1.54, 1.807) is 32.4 Å². The van der Waals surface area contributed by atoms with Crippen molar-refractivity contribution in [3.63, 3.8) is 0 Å². The number of rotatable bonds is 2. The molecular weight excluding hydrogens is 220 g/mol. The number of likely N-dealkylation sites (N-methyl/N-ethyl adjacent to an activating group) is 2. The minimum absolute atomic E-state index is 0.217. The fourth-order valence-electron chi connectivity index (χ4n) is 1.97. The molecule has 0 saturated carbocycles. The molecule has 0 radical (unpaired) electrons. The Morgan fingerprint density at radius 3 is 2.47 bits per heavy atom. The lowest BCUT2D eigenvalue weighted by Gasteiger charge is -2.16. The molecule has 5 heteroatoms. The smallest absolute Gasteiger partial charge is 0.327 e. The number of imide groups is 1. The van der Waals surface area contributed by atoms with Gasteiger partial charge in [0.25, 0.3) is 5.91 Å². The fraction of sp³-hybridized carbons (Fsp3) is 0.333. The Hall–Kier alpha value is -2.04. The number of hydrogen-bond acceptors (Lipinski definition) is 3. The predicted octanol–water partition coefficient (Wildman–Crippen LogP) is 1.26. The zero-order valence-electron chi connectivity index (χ0n) is 10.0. The summed E-state index contributed by atoms with van der Waals surface area (Å²) in [5.41, 5.74) is 0.759. The Morgan fingerprint density at radius 2 is 1.94 bits per heavy atom. The van der Waals surface area contributed by atoms with Gasteiger partial charge in [0.2, 0.25) is 0 Å². The van der Waals surface area contributed by atoms with Crippen molar-refractivity contribution in [2.45, 2.75) is 6.04 Å². The molecule has 0 aromatic heterocycles. The van der Waals surface area contributed by atoms with Gasteiger partial charge in [0.05, 0.1) is 7.11 Å². The van der Waals surface area contributed by atoms with Crippen LogP contribution in [0.15, 0.2) is 24.3 Å². The van der Waals surface area contributed by atoms with Crippen LogP contribution in [0.3, 0.4) is 0 Å². The Labute approximate surface area is 99.6 Å². The molecule has 1 aromatic carbocycles. The second-order valence-electron chi connectivity index (χ2n) is 3.97. The normalized spacial score (nSPS) is 20.1. The van der Waals surface area contributed by atoms with Gasteiger partial charge in [-0.3, -0.25) is 9.69 Å². The van der Waals surface area contributed by atoms with Crippen molar-refractivity contribution >= 4 is 11.9 Å². The predicted molar refractivity (Wildman–Crippen MR) is 61.7 cm³/mol. The first kappa shape index (κ1) is 11.4. The summed E-state index contributed by atoms with van der Waals surface area (Å²) >= 11 is 0. The molecule has 90 valence electrons. The highest BCUT2D eigenvalue weighted by Crippen LogP contribution is 2.30. The lowest BCUT2D eigenvalue weighted by molar-refractivity contribution is -0.127. The molecule has 1 heterocycles. The lowest BCUT2D eigenvalue weighted by atomic mass is 10.1. The fourth-order valence-corrected chi connectivity index (χ4v) is 1.97. The summed E-state index contributed by atoms with van der Waals surface area (Å²) in [6.07, 6.45) is 0. The van der Waals surface area contributed by atoms with Gasteiger partial charge in [0.1, 0.15) is 11.8 Å². The second-order valence-corrected chi connectivity index (χ2v) is 3.97. The molecule has 1 aliphatic rings. The van der Waals surface area contributed by atoms with Crippen LogP contribution >= 0.6 is 0 Å². The molecule has 0 N–H and O–H groups in total. The van der Waals surface area contributed by atoms with Gasteiger partial charge in [-0.15, -0.1) is 0 Å². The van der Waals surface area contributed by atoms with E-state index in [0.29, 0.717) is 5.75 Å². The number of carbonyl (C=O) groups is 2. The first-order valence-corrected chi connectivity index (χ1v) is 5.24. The standard InChI is InChI=1S/C12H14N2O3/c1-13-10(11(15)14(2)12(13)16)8-5-4-6-9(7-8)17-3/h4-7,10H,1-3H3. The summed E-state index contributed by atoms with van der Waals surface area (Å²) in [5, 5.41) is 0. The van der Waals surface area contributed by atoms with Crippen LogP contribution in [-0.2, 0) is 4.79 Å². The third-order valence-electron chi connectivity index (χ3n) is 2.95. The van der Waals surface area contributed by atoms with Crippen molar-refractivity contribution in [2.24, 2.45) is 0 Å². The molecule has 1 saturated heterocycles. The Morgan fingerprint density at radius 1 is 1.24 bits per heavy atom. The topological polar surface area (TPSA) is 49.9 Å². The number of methoxy groups -OCH3 is 1. The van der Waals surface area contributed by atoms with Crippen molar-refractivity contribution in [2.75, 3.05) is 21.2 Å². The molecule has 1 fully saturated rings. The number of urea groups is 1. The van der Waals surface area contributed by atoms with Gasteiger partial charge < -0.3 is 9.64 Å². The summed E-state index contributed by atoms with van der Waals surface area (Å²) in [7, 11) is 4.67. The highest BCUT2D eigenvalue weighted by molar-refractivity contribution is 6.04. The molecule has 2 rings (SSSR count). The second kappa shape index (κ2) is 4.08. The summed E-state index contributed by atoms with van der Waals surface area (Å²) in [5.74, 6) is 0.455. The third kappa shape index (κ3) is 1.73. The summed E-state index contributed by atoms with van der Waals surface area (Å²) in [6, 6.07) is 6.34. The molecule has 0 aliphatic carbocycles. The minimum atomic E-state index is -0.553. The molecule has 1 aliphatic heterocycles. The van der Waals surface area contributed by atoms with E-state index >= 15 is 0 Å². The first-order valence-electron chi connectivity index (χ1n) is 5.24. The SMILES string of the molecule is COc1cccc(C2C(=O)N(C)C(=O)N2C)c1. The molecular formula is C12H14N2O3. The zero-order chi connectivity index (χ0) is 12.6. The average Bonchev–Trinajstić information content (AvgIpc) is 2.54. The first-order chi connectivity index (χ1) is 8.06. The van der Waals surface area contributed by atoms with Crippen LogP contribution in [0, 0.1) is 0 Å². The van der Waals surface area contributed by atoms with Crippen molar-refractivity contribution in [3.05, 3.63) is 29.8 Å². The van der Waals surface area contributed by atoms with Gasteiger partial charge >= 0.3 is 6.03 Å². The van der Waals surface area contributed by atoms with E-state index in [2.05, 4.69) is 0 Å². The van der Waals surface area contributed by atoms with Gasteiger partial charge in [-0.05, 0) is 17.7 Å². The number of benzene rings is 1. The van der Waals surface area contributed by atoms with E-state index in [0.717, 1.165) is 10.5 Å². The van der Waals surface area contributed by atoms with Crippen molar-refractivity contribution in [1.29, 1.82) is 0 Å². The molecule has 5 nitrogen and oxygen atoms in total. The zero-order valence-corrected chi connectivity index (χ0v) is 10.0. The van der Waals surface area contributed by atoms with E-state index in [-0.39, 0.29) is 11.9 Å². The Balaban J connectivity index is 2.39. The van der Waals surface area contributed by atoms with Crippen LogP contribution in [0.2, 0.25) is 0 Å². The monoisotopic (exact) mass is 234 g/mol. The molecule has 1 aromatic rings. The summed E-state index contributed by atoms with van der Waals surface area (Å²) in [4.78, 5) is 26.2. The highest BCUT2D eigenvalue weighted by atomic mass is 16.5. The molecule has 0 bridgehead atoms. The average molecular weight is 234 g/mol. The van der Waals surface area contributed by atoms with E-state index in [4.69, 9.17) is 4.74 Å². The van der Waals surface area contributed by atoms with E-state index in [1.165, 1.54) is 11.9 Å². The lowest BCUT2D eigenvalue weighted by Crippen LogP contribution is -2.27. The summed E-state index contributed by atoms with van der Waals surface area (Å²) < 4.78 is 5.11. The Bertz CT molecular complexity index is 473. The maximum atomic E-state index is 11.9.